The van der Waals surface area contributed by atoms with Gasteiger partial charge in [-0.1, -0.05) is 96.2 Å². The standard InChI is InChI=1S/C39H57N3O4SSi/c1-27(2)33-24-34(29-16-13-12-14-17-29)35(32-19-15-18-31(32)33)25-36(43)40-47(45,41-48(10,11)39(6,7)8)30-22-20-28(21-23-30)26-42(9)37(44)46-38(3,4)5/h12-14,16-17,20-24,27,36,43H,15,18-19,25-26H2,1-11H3,(H,40,41,45). The minimum atomic E-state index is -3.25. The summed E-state index contributed by atoms with van der Waals surface area (Å²) in [6, 6.07) is 20.0. The van der Waals surface area contributed by atoms with Crippen molar-refractivity contribution in [2.75, 3.05) is 7.05 Å². The smallest absolute Gasteiger partial charge is 0.410 e. The average Bonchev–Trinajstić information content (AvgIpc) is 3.46. The van der Waals surface area contributed by atoms with Crippen LogP contribution in [0.1, 0.15) is 95.5 Å². The molecule has 4 rings (SSSR count). The molecule has 0 aromatic heterocycles. The van der Waals surface area contributed by atoms with Crippen LogP contribution in [0.3, 0.4) is 0 Å². The fourth-order valence-corrected chi connectivity index (χ4v) is 11.7. The molecule has 0 saturated carbocycles. The number of carbonyl (C=O) groups is 1. The zero-order valence-corrected chi connectivity index (χ0v) is 32.8. The van der Waals surface area contributed by atoms with Crippen LogP contribution in [0, 0.1) is 0 Å². The van der Waals surface area contributed by atoms with E-state index in [4.69, 9.17) is 9.10 Å². The number of hydrogen-bond acceptors (Lipinski definition) is 5. The van der Waals surface area contributed by atoms with Gasteiger partial charge in [-0.15, -0.1) is 0 Å². The molecule has 1 amide bonds. The van der Waals surface area contributed by atoms with Crippen molar-refractivity contribution in [1.29, 1.82) is 0 Å². The zero-order chi connectivity index (χ0) is 35.7. The summed E-state index contributed by atoms with van der Waals surface area (Å²) < 4.78 is 28.9. The Morgan fingerprint density at radius 2 is 1.60 bits per heavy atom. The Hall–Kier alpha value is -2.98. The summed E-state index contributed by atoms with van der Waals surface area (Å²) in [6.07, 6.45) is 1.78. The second kappa shape index (κ2) is 14.5. The van der Waals surface area contributed by atoms with Crippen molar-refractivity contribution >= 4 is 24.2 Å². The summed E-state index contributed by atoms with van der Waals surface area (Å²) in [6.45, 7) is 21.1. The Kier molecular flexibility index (Phi) is 11.4. The van der Waals surface area contributed by atoms with E-state index in [9.17, 15) is 9.90 Å². The third-order valence-electron chi connectivity index (χ3n) is 9.56. The largest absolute Gasteiger partial charge is 0.444 e. The van der Waals surface area contributed by atoms with Crippen molar-refractivity contribution in [2.24, 2.45) is 4.36 Å². The fraction of sp³-hybridized carbons (Fsp3) is 0.513. The number of ether oxygens (including phenoxy) is 1. The maximum atomic E-state index is 15.1. The van der Waals surface area contributed by atoms with Crippen LogP contribution < -0.4 is 4.39 Å². The quantitative estimate of drug-likeness (QED) is 0.208. The lowest BCUT2D eigenvalue weighted by atomic mass is 9.84. The van der Waals surface area contributed by atoms with Gasteiger partial charge in [-0.05, 0) is 102 Å². The Morgan fingerprint density at radius 3 is 2.17 bits per heavy atom. The number of amides is 1. The average molecular weight is 692 g/mol. The molecule has 2 N–H and O–H groups in total. The second-order valence-corrected chi connectivity index (χ2v) is 23.4. The molecule has 0 aliphatic heterocycles. The van der Waals surface area contributed by atoms with Gasteiger partial charge < -0.3 is 14.7 Å². The molecule has 0 fully saturated rings. The number of benzene rings is 3. The van der Waals surface area contributed by atoms with E-state index in [0.717, 1.165) is 41.5 Å². The predicted octanol–water partition coefficient (Wildman–Crippen LogP) is 9.23. The van der Waals surface area contributed by atoms with E-state index in [1.165, 1.54) is 21.6 Å². The number of carbonyl (C=O) groups excluding carboxylic acids is 1. The summed E-state index contributed by atoms with van der Waals surface area (Å²) in [5, 5.41) is 11.7. The van der Waals surface area contributed by atoms with E-state index in [1.54, 1.807) is 7.05 Å². The van der Waals surface area contributed by atoms with E-state index in [-0.39, 0.29) is 11.5 Å². The van der Waals surface area contributed by atoms with Crippen LogP contribution in [0.4, 0.5) is 4.79 Å². The summed E-state index contributed by atoms with van der Waals surface area (Å²) in [4.78, 5) is 14.6. The number of hydrogen-bond donors (Lipinski definition) is 2. The second-order valence-electron chi connectivity index (χ2n) is 16.1. The molecule has 1 aliphatic rings. The number of aliphatic hydroxyl groups excluding tert-OH is 1. The van der Waals surface area contributed by atoms with Crippen LogP contribution >= 0.6 is 0 Å². The lowest BCUT2D eigenvalue weighted by Crippen LogP contribution is -2.54. The predicted molar refractivity (Wildman–Crippen MR) is 201 cm³/mol. The van der Waals surface area contributed by atoms with Crippen molar-refractivity contribution in [1.82, 2.24) is 9.29 Å². The summed E-state index contributed by atoms with van der Waals surface area (Å²) >= 11 is 0. The van der Waals surface area contributed by atoms with E-state index >= 15 is 4.21 Å². The van der Waals surface area contributed by atoms with Gasteiger partial charge >= 0.3 is 6.09 Å². The van der Waals surface area contributed by atoms with Crippen molar-refractivity contribution in [3.63, 3.8) is 0 Å². The van der Waals surface area contributed by atoms with Gasteiger partial charge in [0.15, 0.2) is 6.23 Å². The Labute approximate surface area is 290 Å². The zero-order valence-electron chi connectivity index (χ0n) is 30.9. The van der Waals surface area contributed by atoms with Crippen molar-refractivity contribution in [3.8, 4) is 11.1 Å². The molecule has 3 aromatic rings. The molecular formula is C39H57N3O4SSi. The molecule has 9 heteroatoms. The van der Waals surface area contributed by atoms with E-state index < -0.39 is 36.1 Å². The van der Waals surface area contributed by atoms with Gasteiger partial charge in [0.05, 0.1) is 4.90 Å². The summed E-state index contributed by atoms with van der Waals surface area (Å²) in [5.41, 5.74) is 7.71. The van der Waals surface area contributed by atoms with Crippen LogP contribution in [0.5, 0.6) is 0 Å². The van der Waals surface area contributed by atoms with E-state index in [2.05, 4.69) is 70.3 Å². The first-order chi connectivity index (χ1) is 22.2. The highest BCUT2D eigenvalue weighted by Gasteiger charge is 2.39. The van der Waals surface area contributed by atoms with Gasteiger partial charge in [-0.3, -0.25) is 0 Å². The molecule has 2 unspecified atom stereocenters. The molecule has 262 valence electrons. The number of aliphatic hydroxyl groups is 1. The number of nitrogens with zero attached hydrogens (tertiary/aromatic N) is 2. The van der Waals surface area contributed by atoms with Gasteiger partial charge in [0, 0.05) is 20.0 Å². The van der Waals surface area contributed by atoms with E-state index in [1.807, 2.05) is 63.2 Å². The third-order valence-corrected chi connectivity index (χ3v) is 17.9. The molecule has 3 aromatic carbocycles. The number of nitrogens with one attached hydrogen (secondary N) is 1. The summed E-state index contributed by atoms with van der Waals surface area (Å²) in [5.74, 6) is 0.391. The molecule has 0 saturated heterocycles. The van der Waals surface area contributed by atoms with Gasteiger partial charge in [-0.25, -0.2) is 13.4 Å². The van der Waals surface area contributed by atoms with Crippen molar-refractivity contribution in [3.05, 3.63) is 88.5 Å². The van der Waals surface area contributed by atoms with Crippen LogP contribution in [0.2, 0.25) is 18.1 Å². The molecular weight excluding hydrogens is 635 g/mol. The molecule has 2 atom stereocenters. The highest BCUT2D eigenvalue weighted by atomic mass is 32.2. The molecule has 48 heavy (non-hydrogen) atoms. The number of fused-ring (bicyclic) bond motifs is 1. The Bertz CT molecular complexity index is 1720. The molecule has 0 spiro atoms. The Balaban J connectivity index is 1.75. The van der Waals surface area contributed by atoms with Crippen LogP contribution in [0.25, 0.3) is 11.1 Å². The highest BCUT2D eigenvalue weighted by Crippen LogP contribution is 2.40. The van der Waals surface area contributed by atoms with Crippen LogP contribution in [-0.2, 0) is 40.5 Å². The van der Waals surface area contributed by atoms with Gasteiger partial charge in [0.1, 0.15) is 23.8 Å². The molecule has 1 aliphatic carbocycles. The first-order valence-electron chi connectivity index (χ1n) is 17.2. The molecule has 0 radical (unpaired) electrons. The fourth-order valence-electron chi connectivity index (χ4n) is 6.01. The normalized spacial score (nSPS) is 15.5. The third kappa shape index (κ3) is 8.97. The lowest BCUT2D eigenvalue weighted by molar-refractivity contribution is 0.0285. The van der Waals surface area contributed by atoms with Crippen LogP contribution in [0.15, 0.2) is 69.9 Å². The van der Waals surface area contributed by atoms with Gasteiger partial charge in [-0.2, -0.15) is 4.36 Å². The summed E-state index contributed by atoms with van der Waals surface area (Å²) in [7, 11) is -3.91. The van der Waals surface area contributed by atoms with Crippen molar-refractivity contribution < 1.29 is 18.8 Å². The minimum Gasteiger partial charge on any atom is -0.444 e. The molecule has 7 nitrogen and oxygen atoms in total. The monoisotopic (exact) mass is 691 g/mol. The highest BCUT2D eigenvalue weighted by molar-refractivity contribution is 7.93. The topological polar surface area (TPSA) is 91.2 Å². The van der Waals surface area contributed by atoms with Crippen LogP contribution in [-0.4, -0.2) is 47.4 Å². The van der Waals surface area contributed by atoms with Gasteiger partial charge in [0.25, 0.3) is 0 Å². The first kappa shape index (κ1) is 37.8. The maximum Gasteiger partial charge on any atom is 0.410 e. The SMILES string of the molecule is CC(C)c1cc(-c2ccccc2)c(CC(O)N=S(=O)(N[Si](C)(C)C(C)(C)C)c2ccc(CN(C)C(=O)OC(C)(C)C)cc2)c2c1CCC2. The molecule has 0 heterocycles. The minimum absolute atomic E-state index is 0.125. The van der Waals surface area contributed by atoms with Gasteiger partial charge in [0.2, 0.25) is 0 Å². The van der Waals surface area contributed by atoms with Crippen molar-refractivity contribution in [2.45, 2.75) is 128 Å². The maximum absolute atomic E-state index is 15.1. The first-order valence-corrected chi connectivity index (χ1v) is 21.7. The lowest BCUT2D eigenvalue weighted by Gasteiger charge is -2.38. The Morgan fingerprint density at radius 1 is 1.00 bits per heavy atom. The molecule has 0 bridgehead atoms. The number of rotatable bonds is 10. The van der Waals surface area contributed by atoms with E-state index in [0.29, 0.717) is 17.4 Å².